The number of fused-ring (bicyclic) bond motifs is 9. The van der Waals surface area contributed by atoms with E-state index in [1.807, 2.05) is 34.2 Å². The molecule has 0 radical (unpaired) electrons. The minimum absolute atomic E-state index is 0.516. The third-order valence-corrected chi connectivity index (χ3v) is 9.12. The lowest BCUT2D eigenvalue weighted by Gasteiger charge is -2.08. The predicted molar refractivity (Wildman–Crippen MR) is 159 cm³/mol. The second-order valence-electron chi connectivity index (χ2n) is 10.2. The number of hydrogen-bond acceptors (Lipinski definition) is 7. The second-order valence-corrected chi connectivity index (χ2v) is 11.3. The van der Waals surface area contributed by atoms with Gasteiger partial charge in [0, 0.05) is 56.1 Å². The van der Waals surface area contributed by atoms with Gasteiger partial charge in [0.25, 0.3) is 0 Å². The van der Waals surface area contributed by atoms with Crippen molar-refractivity contribution in [3.8, 4) is 34.7 Å². The molecular formula is C31H19N9S. The van der Waals surface area contributed by atoms with Gasteiger partial charge >= 0.3 is 0 Å². The maximum absolute atomic E-state index is 10.2. The Morgan fingerprint density at radius 2 is 1.76 bits per heavy atom. The fourth-order valence-corrected chi connectivity index (χ4v) is 7.25. The molecule has 8 aromatic rings. The highest BCUT2D eigenvalue weighted by Crippen LogP contribution is 2.39. The predicted octanol–water partition coefficient (Wildman–Crippen LogP) is 6.34. The summed E-state index contributed by atoms with van der Waals surface area (Å²) in [6.45, 7) is 1.36. The van der Waals surface area contributed by atoms with Crippen molar-refractivity contribution in [1.29, 1.82) is 5.26 Å². The molecule has 10 heteroatoms. The molecule has 41 heavy (non-hydrogen) atoms. The first-order valence-electron chi connectivity index (χ1n) is 13.4. The van der Waals surface area contributed by atoms with E-state index in [9.17, 15) is 5.26 Å². The standard InChI is InChI=1S/C31H19N9S/c32-17-25-28(34-30-31-35-36-37-39(31)14-4-13-38(25)30)18-8-10-23-22(15-18)29-24(6-3-12-33-29)40(23)19-9-11-27-21(16-19)20-5-1-2-7-26(20)41-27/h1-3,5-12,15-16H,4,13-14H2. The summed E-state index contributed by atoms with van der Waals surface area (Å²) in [5, 5.41) is 25.9. The van der Waals surface area contributed by atoms with Crippen LogP contribution in [-0.2, 0) is 13.1 Å². The zero-order chi connectivity index (χ0) is 27.1. The van der Waals surface area contributed by atoms with Crippen LogP contribution in [-0.4, -0.2) is 39.3 Å². The number of thiophene rings is 1. The third-order valence-electron chi connectivity index (χ3n) is 7.97. The van der Waals surface area contributed by atoms with E-state index in [0.29, 0.717) is 36.1 Å². The van der Waals surface area contributed by atoms with E-state index in [2.05, 4.69) is 86.8 Å². The van der Waals surface area contributed by atoms with Gasteiger partial charge in [0.05, 0.1) is 16.6 Å². The van der Waals surface area contributed by atoms with Crippen LogP contribution in [0.2, 0.25) is 0 Å². The van der Waals surface area contributed by atoms with Gasteiger partial charge in [-0.15, -0.1) is 16.4 Å². The van der Waals surface area contributed by atoms with Crippen LogP contribution in [0.1, 0.15) is 12.1 Å². The Balaban J connectivity index is 1.28. The number of imidazole rings is 1. The minimum Gasteiger partial charge on any atom is -0.312 e. The van der Waals surface area contributed by atoms with Crippen LogP contribution in [0.3, 0.4) is 0 Å². The largest absolute Gasteiger partial charge is 0.312 e. The van der Waals surface area contributed by atoms with Crippen molar-refractivity contribution in [2.75, 3.05) is 0 Å². The molecule has 0 fully saturated rings. The van der Waals surface area contributed by atoms with Crippen LogP contribution in [0.15, 0.2) is 79.0 Å². The van der Waals surface area contributed by atoms with Crippen LogP contribution < -0.4 is 0 Å². The van der Waals surface area contributed by atoms with E-state index in [-0.39, 0.29) is 0 Å². The third kappa shape index (κ3) is 3.12. The average Bonchev–Trinajstić information content (AvgIpc) is 3.76. The molecule has 1 aliphatic rings. The number of nitriles is 1. The summed E-state index contributed by atoms with van der Waals surface area (Å²) in [6.07, 6.45) is 2.64. The summed E-state index contributed by atoms with van der Waals surface area (Å²) in [7, 11) is 0. The zero-order valence-electron chi connectivity index (χ0n) is 21.6. The van der Waals surface area contributed by atoms with Gasteiger partial charge in [-0.2, -0.15) is 5.26 Å². The number of aromatic nitrogens is 8. The SMILES string of the molecule is N#Cc1c(-c2ccc3c(c2)c2ncccc2n3-c2ccc3sc4ccccc4c3c2)nc2n1CCCn1nnnc1-2. The number of pyridine rings is 1. The van der Waals surface area contributed by atoms with Gasteiger partial charge in [-0.1, -0.05) is 24.3 Å². The van der Waals surface area contributed by atoms with Gasteiger partial charge in [-0.25, -0.2) is 9.67 Å². The van der Waals surface area contributed by atoms with Crippen LogP contribution in [0.5, 0.6) is 0 Å². The fourth-order valence-electron chi connectivity index (χ4n) is 6.16. The van der Waals surface area contributed by atoms with Crippen LogP contribution >= 0.6 is 11.3 Å². The number of aryl methyl sites for hydroxylation is 1. The van der Waals surface area contributed by atoms with Crippen molar-refractivity contribution in [3.63, 3.8) is 0 Å². The molecule has 0 atom stereocenters. The summed E-state index contributed by atoms with van der Waals surface area (Å²) in [4.78, 5) is 9.72. The van der Waals surface area contributed by atoms with Gasteiger partial charge in [0.2, 0.25) is 5.82 Å². The van der Waals surface area contributed by atoms with Crippen LogP contribution in [0.4, 0.5) is 0 Å². The highest BCUT2D eigenvalue weighted by atomic mass is 32.1. The minimum atomic E-state index is 0.516. The first-order chi connectivity index (χ1) is 20.3. The number of hydrogen-bond donors (Lipinski definition) is 0. The van der Waals surface area contributed by atoms with Crippen molar-refractivity contribution in [2.45, 2.75) is 19.5 Å². The topological polar surface area (TPSA) is 103 Å². The maximum atomic E-state index is 10.2. The molecule has 0 saturated carbocycles. The number of rotatable bonds is 2. The molecule has 3 aromatic carbocycles. The Labute approximate surface area is 236 Å². The lowest BCUT2D eigenvalue weighted by atomic mass is 10.1. The van der Waals surface area contributed by atoms with Crippen molar-refractivity contribution in [2.24, 2.45) is 0 Å². The monoisotopic (exact) mass is 549 g/mol. The van der Waals surface area contributed by atoms with E-state index in [1.54, 1.807) is 4.68 Å². The van der Waals surface area contributed by atoms with E-state index >= 15 is 0 Å². The van der Waals surface area contributed by atoms with E-state index in [1.165, 1.54) is 20.2 Å². The van der Waals surface area contributed by atoms with Gasteiger partial charge < -0.3 is 9.13 Å². The molecular weight excluding hydrogens is 530 g/mol. The van der Waals surface area contributed by atoms with Crippen molar-refractivity contribution in [3.05, 3.63) is 84.7 Å². The molecule has 0 saturated heterocycles. The van der Waals surface area contributed by atoms with Crippen molar-refractivity contribution < 1.29 is 0 Å². The number of nitrogens with zero attached hydrogens (tertiary/aromatic N) is 9. The van der Waals surface area contributed by atoms with E-state index in [0.717, 1.165) is 39.6 Å². The normalized spacial score (nSPS) is 13.0. The first kappa shape index (κ1) is 22.4. The molecule has 0 aliphatic carbocycles. The number of benzene rings is 3. The Hall–Kier alpha value is -5.40. The van der Waals surface area contributed by atoms with E-state index in [4.69, 9.17) is 9.97 Å². The lowest BCUT2D eigenvalue weighted by molar-refractivity contribution is 0.538. The Morgan fingerprint density at radius 3 is 2.71 bits per heavy atom. The highest BCUT2D eigenvalue weighted by molar-refractivity contribution is 7.25. The zero-order valence-corrected chi connectivity index (χ0v) is 22.4. The fraction of sp³-hybridized carbons (Fsp3) is 0.0968. The summed E-state index contributed by atoms with van der Waals surface area (Å²) in [5.41, 5.74) is 6.06. The van der Waals surface area contributed by atoms with E-state index < -0.39 is 0 Å². The molecule has 194 valence electrons. The van der Waals surface area contributed by atoms with Crippen LogP contribution in [0, 0.1) is 11.3 Å². The van der Waals surface area contributed by atoms with Crippen molar-refractivity contribution in [1.82, 2.24) is 39.3 Å². The molecule has 0 unspecified atom stereocenters. The molecule has 9 rings (SSSR count). The van der Waals surface area contributed by atoms with Gasteiger partial charge in [-0.3, -0.25) is 4.98 Å². The first-order valence-corrected chi connectivity index (χ1v) is 14.2. The molecule has 9 nitrogen and oxygen atoms in total. The van der Waals surface area contributed by atoms with Gasteiger partial charge in [0.15, 0.2) is 5.82 Å². The molecule has 0 N–H and O–H groups in total. The average molecular weight is 550 g/mol. The van der Waals surface area contributed by atoms with Gasteiger partial charge in [-0.05, 0) is 65.4 Å². The molecule has 0 amide bonds. The quantitative estimate of drug-likeness (QED) is 0.249. The molecule has 1 aliphatic heterocycles. The maximum Gasteiger partial charge on any atom is 0.218 e. The Morgan fingerprint density at radius 1 is 0.829 bits per heavy atom. The summed E-state index contributed by atoms with van der Waals surface area (Å²) in [5.74, 6) is 1.21. The van der Waals surface area contributed by atoms with Crippen LogP contribution in [0.25, 0.3) is 70.7 Å². The molecule has 6 heterocycles. The smallest absolute Gasteiger partial charge is 0.218 e. The molecule has 0 spiro atoms. The Bertz CT molecular complexity index is 2380. The van der Waals surface area contributed by atoms with Gasteiger partial charge in [0.1, 0.15) is 17.5 Å². The molecule has 5 aromatic heterocycles. The summed E-state index contributed by atoms with van der Waals surface area (Å²) < 4.78 is 8.52. The lowest BCUT2D eigenvalue weighted by Crippen LogP contribution is -2.02. The number of tetrazole rings is 1. The Kier molecular flexibility index (Phi) is 4.54. The highest BCUT2D eigenvalue weighted by Gasteiger charge is 2.26. The van der Waals surface area contributed by atoms with Crippen molar-refractivity contribution >= 4 is 53.4 Å². The second kappa shape index (κ2) is 8.30. The summed E-state index contributed by atoms with van der Waals surface area (Å²) in [6, 6.07) is 28.0. The summed E-state index contributed by atoms with van der Waals surface area (Å²) >= 11 is 1.82. The molecule has 0 bridgehead atoms.